The third-order valence-corrected chi connectivity index (χ3v) is 6.35. The van der Waals surface area contributed by atoms with Crippen LogP contribution in [0.25, 0.3) is 19.8 Å². The number of fused-ring (bicyclic) bond motifs is 1. The molecule has 3 heterocycles. The molecule has 118 valence electrons. The van der Waals surface area contributed by atoms with E-state index in [1.165, 1.54) is 14.3 Å². The fourth-order valence-electron chi connectivity index (χ4n) is 2.65. The quantitative estimate of drug-likeness (QED) is 0.648. The molecule has 0 aliphatic carbocycles. The zero-order chi connectivity index (χ0) is 15.6. The van der Waals surface area contributed by atoms with Crippen molar-refractivity contribution in [2.24, 2.45) is 0 Å². The number of methoxy groups -OCH3 is 1. The van der Waals surface area contributed by atoms with Crippen LogP contribution in [0.5, 0.6) is 5.75 Å². The van der Waals surface area contributed by atoms with E-state index in [-0.39, 0.29) is 14.5 Å². The molecule has 0 radical (unpaired) electrons. The van der Waals surface area contributed by atoms with Crippen LogP contribution in [-0.4, -0.2) is 63.3 Å². The fraction of sp³-hybridized carbons (Fsp3) is 0.312. The first-order valence-electron chi connectivity index (χ1n) is 7.45. The summed E-state index contributed by atoms with van der Waals surface area (Å²) in [5.74, 6) is 1.84. The van der Waals surface area contributed by atoms with Gasteiger partial charge in [0.25, 0.3) is 0 Å². The summed E-state index contributed by atoms with van der Waals surface area (Å²) in [7, 11) is 1.68. The van der Waals surface area contributed by atoms with Crippen LogP contribution < -0.4 is 9.64 Å². The van der Waals surface area contributed by atoms with Gasteiger partial charge in [0.15, 0.2) is 0 Å². The first kappa shape index (κ1) is 14.6. The Kier molecular flexibility index (Phi) is 3.99. The van der Waals surface area contributed by atoms with Crippen molar-refractivity contribution in [3.8, 4) is 15.8 Å². The molecule has 0 atom stereocenters. The second kappa shape index (κ2) is 6.28. The molecule has 1 aliphatic heterocycles. The van der Waals surface area contributed by atoms with Crippen molar-refractivity contribution >= 4 is 30.1 Å². The summed E-state index contributed by atoms with van der Waals surface area (Å²) in [6, 6.07) is 10.3. The van der Waals surface area contributed by atoms with E-state index < -0.39 is 0 Å². The van der Waals surface area contributed by atoms with Gasteiger partial charge in [0.05, 0.1) is 0 Å². The number of rotatable bonds is 3. The Balaban J connectivity index is 1.74. The van der Waals surface area contributed by atoms with Gasteiger partial charge in [0, 0.05) is 0 Å². The summed E-state index contributed by atoms with van der Waals surface area (Å²) in [6.45, 7) is 3.20. The molecule has 1 aliphatic rings. The van der Waals surface area contributed by atoms with Crippen molar-refractivity contribution in [2.75, 3.05) is 38.3 Å². The molecule has 4 rings (SSSR count). The normalized spacial score (nSPS) is 15.1. The van der Waals surface area contributed by atoms with Gasteiger partial charge < -0.3 is 0 Å². The second-order valence-corrected chi connectivity index (χ2v) is 7.47. The van der Waals surface area contributed by atoms with Gasteiger partial charge in [-0.2, -0.15) is 0 Å². The summed E-state index contributed by atoms with van der Waals surface area (Å²) in [6.07, 6.45) is 0. The third kappa shape index (κ3) is 2.83. The van der Waals surface area contributed by atoms with Gasteiger partial charge in [-0.3, -0.25) is 0 Å². The molecule has 1 fully saturated rings. The fourth-order valence-corrected chi connectivity index (χ4v) is 4.98. The maximum atomic E-state index is 5.43. The van der Waals surface area contributed by atoms with Gasteiger partial charge in [-0.05, 0) is 0 Å². The SMILES string of the molecule is COc1ccc(-c2cc3nnnc(N4CCOCC4)c3[se]2)cc1. The van der Waals surface area contributed by atoms with E-state index in [9.17, 15) is 0 Å². The second-order valence-electron chi connectivity index (χ2n) is 5.27. The molecule has 3 aromatic rings. The van der Waals surface area contributed by atoms with E-state index in [0.717, 1.165) is 43.4 Å². The minimum absolute atomic E-state index is 0.181. The summed E-state index contributed by atoms with van der Waals surface area (Å²) >= 11 is 0.181. The van der Waals surface area contributed by atoms with E-state index in [1.807, 2.05) is 12.1 Å². The van der Waals surface area contributed by atoms with E-state index in [0.29, 0.717) is 0 Å². The van der Waals surface area contributed by atoms with Crippen LogP contribution in [0.2, 0.25) is 0 Å². The van der Waals surface area contributed by atoms with Crippen molar-refractivity contribution < 1.29 is 9.47 Å². The monoisotopic (exact) mass is 376 g/mol. The Hall–Kier alpha value is -1.95. The van der Waals surface area contributed by atoms with Gasteiger partial charge in [-0.1, -0.05) is 0 Å². The molecule has 7 heteroatoms. The third-order valence-electron chi connectivity index (χ3n) is 3.89. The van der Waals surface area contributed by atoms with Crippen molar-refractivity contribution in [1.82, 2.24) is 15.4 Å². The Bertz CT molecular complexity index is 813. The Morgan fingerprint density at radius 2 is 1.91 bits per heavy atom. The van der Waals surface area contributed by atoms with Crippen molar-refractivity contribution in [1.29, 1.82) is 0 Å². The number of benzene rings is 1. The molecular weight excluding hydrogens is 359 g/mol. The van der Waals surface area contributed by atoms with Crippen molar-refractivity contribution in [3.05, 3.63) is 30.3 Å². The predicted molar refractivity (Wildman–Crippen MR) is 89.3 cm³/mol. The van der Waals surface area contributed by atoms with Crippen molar-refractivity contribution in [3.63, 3.8) is 0 Å². The average Bonchev–Trinajstić information content (AvgIpc) is 3.06. The van der Waals surface area contributed by atoms with E-state index >= 15 is 0 Å². The van der Waals surface area contributed by atoms with Crippen LogP contribution >= 0.6 is 0 Å². The number of nitrogens with zero attached hydrogens (tertiary/aromatic N) is 4. The van der Waals surface area contributed by atoms with E-state index in [4.69, 9.17) is 9.47 Å². The summed E-state index contributed by atoms with van der Waals surface area (Å²) < 4.78 is 13.2. The molecule has 23 heavy (non-hydrogen) atoms. The maximum absolute atomic E-state index is 5.43. The molecule has 0 bridgehead atoms. The number of hydrogen-bond donors (Lipinski definition) is 0. The van der Waals surface area contributed by atoms with Crippen LogP contribution in [0, 0.1) is 0 Å². The number of morpholine rings is 1. The summed E-state index contributed by atoms with van der Waals surface area (Å²) in [5.41, 5.74) is 2.16. The first-order valence-corrected chi connectivity index (χ1v) is 9.16. The summed E-state index contributed by atoms with van der Waals surface area (Å²) in [4.78, 5) is 2.25. The first-order chi connectivity index (χ1) is 11.3. The van der Waals surface area contributed by atoms with Gasteiger partial charge in [-0.15, -0.1) is 0 Å². The molecule has 2 aromatic heterocycles. The predicted octanol–water partition coefficient (Wildman–Crippen LogP) is 1.59. The summed E-state index contributed by atoms with van der Waals surface area (Å²) in [5, 5.41) is 12.5. The van der Waals surface area contributed by atoms with Gasteiger partial charge >= 0.3 is 139 Å². The topological polar surface area (TPSA) is 60.4 Å². The number of hydrogen-bond acceptors (Lipinski definition) is 6. The number of aromatic nitrogens is 3. The molecule has 0 saturated carbocycles. The van der Waals surface area contributed by atoms with Crippen LogP contribution in [0.15, 0.2) is 30.3 Å². The van der Waals surface area contributed by atoms with Gasteiger partial charge in [0.1, 0.15) is 0 Å². The Labute approximate surface area is 139 Å². The van der Waals surface area contributed by atoms with Crippen LogP contribution in [0.4, 0.5) is 5.82 Å². The van der Waals surface area contributed by atoms with Gasteiger partial charge in [0.2, 0.25) is 0 Å². The number of ether oxygens (including phenoxy) is 2. The van der Waals surface area contributed by atoms with Crippen LogP contribution in [-0.2, 0) is 4.74 Å². The Morgan fingerprint density at radius 3 is 2.65 bits per heavy atom. The van der Waals surface area contributed by atoms with Gasteiger partial charge in [-0.25, -0.2) is 0 Å². The zero-order valence-electron chi connectivity index (χ0n) is 12.7. The number of anilines is 1. The molecule has 1 aromatic carbocycles. The molecule has 0 amide bonds. The zero-order valence-corrected chi connectivity index (χ0v) is 14.4. The Morgan fingerprint density at radius 1 is 1.13 bits per heavy atom. The molecular formula is C16H16N4O2Se. The molecule has 0 unspecified atom stereocenters. The van der Waals surface area contributed by atoms with E-state index in [1.54, 1.807) is 7.11 Å². The molecule has 0 N–H and O–H groups in total. The molecule has 0 spiro atoms. The average molecular weight is 375 g/mol. The molecule has 6 nitrogen and oxygen atoms in total. The van der Waals surface area contributed by atoms with Crippen LogP contribution in [0.1, 0.15) is 0 Å². The van der Waals surface area contributed by atoms with E-state index in [2.05, 4.69) is 38.5 Å². The standard InChI is InChI=1S/C16H16N4O2Se/c1-21-12-4-2-11(3-5-12)14-10-13-15(23-14)16(18-19-17-13)20-6-8-22-9-7-20/h2-5,10H,6-9H2,1H3. The van der Waals surface area contributed by atoms with Crippen molar-refractivity contribution in [2.45, 2.75) is 0 Å². The van der Waals surface area contributed by atoms with Crippen LogP contribution in [0.3, 0.4) is 0 Å². The minimum atomic E-state index is 0.181. The molecule has 1 saturated heterocycles.